The van der Waals surface area contributed by atoms with Gasteiger partial charge >= 0.3 is 0 Å². The van der Waals surface area contributed by atoms with Gasteiger partial charge in [0.05, 0.1) is 24.0 Å². The SMILES string of the molecule is O=C(Cc1nc2cc(Cl)ccc2n(Cc2ccccc2)c1=O)c1cccc(Br)c1. The summed E-state index contributed by atoms with van der Waals surface area (Å²) < 4.78 is 2.46. The highest BCUT2D eigenvalue weighted by atomic mass is 79.9. The van der Waals surface area contributed by atoms with Crippen LogP contribution in [0, 0.1) is 0 Å². The number of ketones is 1. The molecule has 0 aliphatic carbocycles. The van der Waals surface area contributed by atoms with Crippen molar-refractivity contribution in [2.75, 3.05) is 0 Å². The highest BCUT2D eigenvalue weighted by Gasteiger charge is 2.16. The van der Waals surface area contributed by atoms with Crippen molar-refractivity contribution in [2.45, 2.75) is 13.0 Å². The lowest BCUT2D eigenvalue weighted by molar-refractivity contribution is 0.0991. The van der Waals surface area contributed by atoms with Crippen molar-refractivity contribution in [3.05, 3.63) is 109 Å². The molecule has 0 radical (unpaired) electrons. The Bertz CT molecular complexity index is 1270. The van der Waals surface area contributed by atoms with Gasteiger partial charge in [0.1, 0.15) is 5.69 Å². The normalized spacial score (nSPS) is 11.0. The van der Waals surface area contributed by atoms with E-state index in [0.717, 1.165) is 10.0 Å². The molecule has 0 fully saturated rings. The second-order valence-electron chi connectivity index (χ2n) is 6.68. The minimum absolute atomic E-state index is 0.0769. The number of carbonyl (C=O) groups is 1. The molecule has 0 saturated heterocycles. The maximum Gasteiger partial charge on any atom is 0.273 e. The fourth-order valence-electron chi connectivity index (χ4n) is 3.23. The van der Waals surface area contributed by atoms with Gasteiger partial charge in [-0.15, -0.1) is 0 Å². The molecule has 4 nitrogen and oxygen atoms in total. The van der Waals surface area contributed by atoms with Crippen molar-refractivity contribution in [1.82, 2.24) is 9.55 Å². The average molecular weight is 468 g/mol. The van der Waals surface area contributed by atoms with Crippen LogP contribution in [0.2, 0.25) is 5.02 Å². The zero-order chi connectivity index (χ0) is 20.4. The van der Waals surface area contributed by atoms with E-state index in [1.54, 1.807) is 41.0 Å². The Labute approximate surface area is 180 Å². The Morgan fingerprint density at radius 2 is 1.79 bits per heavy atom. The van der Waals surface area contributed by atoms with E-state index in [-0.39, 0.29) is 23.5 Å². The molecular weight excluding hydrogens is 452 g/mol. The highest BCUT2D eigenvalue weighted by Crippen LogP contribution is 2.19. The minimum atomic E-state index is -0.271. The topological polar surface area (TPSA) is 52.0 Å². The lowest BCUT2D eigenvalue weighted by atomic mass is 10.1. The number of nitrogens with zero attached hydrogens (tertiary/aromatic N) is 2. The van der Waals surface area contributed by atoms with Gasteiger partial charge in [-0.05, 0) is 35.9 Å². The molecule has 0 bridgehead atoms. The molecule has 4 rings (SSSR count). The molecule has 0 aliphatic rings. The van der Waals surface area contributed by atoms with Gasteiger partial charge in [-0.25, -0.2) is 4.98 Å². The van der Waals surface area contributed by atoms with Gasteiger partial charge in [-0.3, -0.25) is 9.59 Å². The standard InChI is InChI=1S/C23H16BrClN2O2/c24-17-8-4-7-16(11-17)22(28)13-20-23(29)27(14-15-5-2-1-3-6-15)21-10-9-18(25)12-19(21)26-20/h1-12H,13-14H2. The molecule has 29 heavy (non-hydrogen) atoms. The van der Waals surface area contributed by atoms with Crippen LogP contribution in [0.5, 0.6) is 0 Å². The van der Waals surface area contributed by atoms with Crippen LogP contribution in [0.25, 0.3) is 11.0 Å². The molecule has 0 unspecified atom stereocenters. The van der Waals surface area contributed by atoms with Gasteiger partial charge in [0, 0.05) is 15.1 Å². The Hall–Kier alpha value is -2.76. The van der Waals surface area contributed by atoms with Crippen LogP contribution in [-0.2, 0) is 13.0 Å². The van der Waals surface area contributed by atoms with Crippen LogP contribution in [0.1, 0.15) is 21.6 Å². The number of hydrogen-bond acceptors (Lipinski definition) is 3. The quantitative estimate of drug-likeness (QED) is 0.375. The van der Waals surface area contributed by atoms with Gasteiger partial charge in [0.2, 0.25) is 0 Å². The molecule has 0 atom stereocenters. The molecule has 0 amide bonds. The lowest BCUT2D eigenvalue weighted by Gasteiger charge is -2.13. The van der Waals surface area contributed by atoms with E-state index in [1.807, 2.05) is 36.4 Å². The van der Waals surface area contributed by atoms with Crippen molar-refractivity contribution in [3.8, 4) is 0 Å². The van der Waals surface area contributed by atoms with Crippen molar-refractivity contribution >= 4 is 44.3 Å². The molecule has 3 aromatic carbocycles. The summed E-state index contributed by atoms with van der Waals surface area (Å²) >= 11 is 9.51. The minimum Gasteiger partial charge on any atom is -0.301 e. The van der Waals surface area contributed by atoms with Crippen molar-refractivity contribution in [1.29, 1.82) is 0 Å². The third kappa shape index (κ3) is 4.31. The molecule has 144 valence electrons. The van der Waals surface area contributed by atoms with Crippen LogP contribution >= 0.6 is 27.5 Å². The smallest absolute Gasteiger partial charge is 0.273 e. The van der Waals surface area contributed by atoms with Crippen molar-refractivity contribution in [3.63, 3.8) is 0 Å². The number of carbonyl (C=O) groups excluding carboxylic acids is 1. The van der Waals surface area contributed by atoms with Gasteiger partial charge < -0.3 is 4.57 Å². The highest BCUT2D eigenvalue weighted by molar-refractivity contribution is 9.10. The summed E-state index contributed by atoms with van der Waals surface area (Å²) in [6.45, 7) is 0.387. The van der Waals surface area contributed by atoms with Gasteiger partial charge in [-0.1, -0.05) is 70.0 Å². The van der Waals surface area contributed by atoms with Crippen LogP contribution in [-0.4, -0.2) is 15.3 Å². The molecule has 1 heterocycles. The fourth-order valence-corrected chi connectivity index (χ4v) is 3.79. The second-order valence-corrected chi connectivity index (χ2v) is 8.03. The summed E-state index contributed by atoms with van der Waals surface area (Å²) in [6.07, 6.45) is -0.0769. The van der Waals surface area contributed by atoms with Gasteiger partial charge in [-0.2, -0.15) is 0 Å². The number of Topliss-reactive ketones (excluding diaryl/α,β-unsaturated/α-hetero) is 1. The monoisotopic (exact) mass is 466 g/mol. The number of rotatable bonds is 5. The first kappa shape index (κ1) is 19.6. The molecule has 0 spiro atoms. The fraction of sp³-hybridized carbons (Fsp3) is 0.0870. The first-order valence-electron chi connectivity index (χ1n) is 9.03. The zero-order valence-corrected chi connectivity index (χ0v) is 17.7. The summed E-state index contributed by atoms with van der Waals surface area (Å²) in [5, 5.41) is 0.527. The van der Waals surface area contributed by atoms with E-state index in [4.69, 9.17) is 11.6 Å². The average Bonchev–Trinajstić information content (AvgIpc) is 2.71. The summed E-state index contributed by atoms with van der Waals surface area (Å²) in [5.41, 5.74) is 2.72. The third-order valence-corrected chi connectivity index (χ3v) is 5.36. The lowest BCUT2D eigenvalue weighted by Crippen LogP contribution is -2.28. The number of benzene rings is 3. The molecule has 0 saturated carbocycles. The van der Waals surface area contributed by atoms with Gasteiger partial charge in [0.25, 0.3) is 5.56 Å². The van der Waals surface area contributed by atoms with E-state index < -0.39 is 0 Å². The largest absolute Gasteiger partial charge is 0.301 e. The van der Waals surface area contributed by atoms with E-state index >= 15 is 0 Å². The summed E-state index contributed by atoms with van der Waals surface area (Å²) in [6, 6.07) is 22.0. The summed E-state index contributed by atoms with van der Waals surface area (Å²) in [4.78, 5) is 30.4. The van der Waals surface area contributed by atoms with Crippen LogP contribution in [0.15, 0.2) is 82.1 Å². The van der Waals surface area contributed by atoms with E-state index in [0.29, 0.717) is 28.2 Å². The summed E-state index contributed by atoms with van der Waals surface area (Å²) in [5.74, 6) is -0.163. The predicted molar refractivity (Wildman–Crippen MR) is 119 cm³/mol. The van der Waals surface area contributed by atoms with Crippen molar-refractivity contribution in [2.24, 2.45) is 0 Å². The Morgan fingerprint density at radius 3 is 2.55 bits per heavy atom. The molecule has 0 aliphatic heterocycles. The molecule has 4 aromatic rings. The maximum absolute atomic E-state index is 13.2. The number of halogens is 2. The first-order valence-corrected chi connectivity index (χ1v) is 10.2. The van der Waals surface area contributed by atoms with E-state index in [9.17, 15) is 9.59 Å². The first-order chi connectivity index (χ1) is 14.0. The second kappa shape index (κ2) is 8.31. The van der Waals surface area contributed by atoms with Crippen molar-refractivity contribution < 1.29 is 4.79 Å². The van der Waals surface area contributed by atoms with E-state index in [2.05, 4.69) is 20.9 Å². The van der Waals surface area contributed by atoms with Gasteiger partial charge in [0.15, 0.2) is 5.78 Å². The third-order valence-electron chi connectivity index (χ3n) is 4.63. The predicted octanol–water partition coefficient (Wildman–Crippen LogP) is 5.29. The number of fused-ring (bicyclic) bond motifs is 1. The molecule has 0 N–H and O–H groups in total. The molecular formula is C23H16BrClN2O2. The Morgan fingerprint density at radius 1 is 1.00 bits per heavy atom. The van der Waals surface area contributed by atoms with Crippen LogP contribution < -0.4 is 5.56 Å². The molecule has 1 aromatic heterocycles. The van der Waals surface area contributed by atoms with E-state index in [1.165, 1.54) is 0 Å². The Balaban J connectivity index is 1.80. The van der Waals surface area contributed by atoms with Crippen LogP contribution in [0.3, 0.4) is 0 Å². The number of aromatic nitrogens is 2. The number of hydrogen-bond donors (Lipinski definition) is 0. The zero-order valence-electron chi connectivity index (χ0n) is 15.3. The maximum atomic E-state index is 13.2. The summed E-state index contributed by atoms with van der Waals surface area (Å²) in [7, 11) is 0. The van der Waals surface area contributed by atoms with Crippen LogP contribution in [0.4, 0.5) is 0 Å². The molecule has 6 heteroatoms. The Kier molecular flexibility index (Phi) is 5.60.